The van der Waals surface area contributed by atoms with E-state index in [0.29, 0.717) is 0 Å². The van der Waals surface area contributed by atoms with Gasteiger partial charge in [-0.3, -0.25) is 0 Å². The van der Waals surface area contributed by atoms with Crippen LogP contribution in [0, 0.1) is 35.5 Å². The molecule has 0 spiro atoms. The SMILES string of the molecule is CCC1CCC(CN)C(C2CC3CCC2C3)C1. The number of hydrogen-bond donors (Lipinski definition) is 1. The van der Waals surface area contributed by atoms with Crippen LogP contribution in [-0.2, 0) is 0 Å². The Bertz CT molecular complexity index is 262. The second kappa shape index (κ2) is 4.91. The summed E-state index contributed by atoms with van der Waals surface area (Å²) >= 11 is 0. The average molecular weight is 235 g/mol. The molecule has 0 saturated heterocycles. The monoisotopic (exact) mass is 235 g/mol. The molecule has 6 atom stereocenters. The Morgan fingerprint density at radius 2 is 1.82 bits per heavy atom. The lowest BCUT2D eigenvalue weighted by Crippen LogP contribution is -2.36. The lowest BCUT2D eigenvalue weighted by Gasteiger charge is -2.42. The molecule has 0 amide bonds. The molecule has 0 aromatic heterocycles. The first-order chi connectivity index (χ1) is 8.31. The Labute approximate surface area is 107 Å². The molecule has 0 aromatic carbocycles. The van der Waals surface area contributed by atoms with Crippen LogP contribution in [0.25, 0.3) is 0 Å². The van der Waals surface area contributed by atoms with Crippen molar-refractivity contribution in [3.63, 3.8) is 0 Å². The van der Waals surface area contributed by atoms with Crippen molar-refractivity contribution in [3.8, 4) is 0 Å². The molecule has 2 N–H and O–H groups in total. The minimum absolute atomic E-state index is 0.863. The van der Waals surface area contributed by atoms with Crippen LogP contribution in [0.15, 0.2) is 0 Å². The molecule has 98 valence electrons. The van der Waals surface area contributed by atoms with Crippen LogP contribution in [0.2, 0.25) is 0 Å². The van der Waals surface area contributed by atoms with Crippen molar-refractivity contribution in [2.45, 2.75) is 58.3 Å². The van der Waals surface area contributed by atoms with Gasteiger partial charge in [0, 0.05) is 0 Å². The molecule has 3 aliphatic rings. The van der Waals surface area contributed by atoms with Crippen LogP contribution in [0.5, 0.6) is 0 Å². The highest BCUT2D eigenvalue weighted by Gasteiger charge is 2.46. The Morgan fingerprint density at radius 1 is 0.941 bits per heavy atom. The predicted molar refractivity (Wildman–Crippen MR) is 72.6 cm³/mol. The highest BCUT2D eigenvalue weighted by molar-refractivity contribution is 4.96. The average Bonchev–Trinajstić information content (AvgIpc) is 3.00. The van der Waals surface area contributed by atoms with Crippen molar-refractivity contribution in [2.24, 2.45) is 41.2 Å². The van der Waals surface area contributed by atoms with E-state index in [4.69, 9.17) is 5.73 Å². The highest BCUT2D eigenvalue weighted by atomic mass is 14.6. The summed E-state index contributed by atoms with van der Waals surface area (Å²) in [7, 11) is 0. The molecule has 3 rings (SSSR count). The molecule has 0 aliphatic heterocycles. The smallest absolute Gasteiger partial charge is 0.00461 e. The summed E-state index contributed by atoms with van der Waals surface area (Å²) in [6.45, 7) is 3.33. The Kier molecular flexibility index (Phi) is 3.47. The van der Waals surface area contributed by atoms with E-state index >= 15 is 0 Å². The normalized spacial score (nSPS) is 49.8. The minimum atomic E-state index is 0.863. The Hall–Kier alpha value is -0.0400. The van der Waals surface area contributed by atoms with Gasteiger partial charge in [0.25, 0.3) is 0 Å². The molecule has 17 heavy (non-hydrogen) atoms. The molecule has 1 heteroatoms. The van der Waals surface area contributed by atoms with Gasteiger partial charge in [0.05, 0.1) is 0 Å². The lowest BCUT2D eigenvalue weighted by molar-refractivity contribution is 0.0889. The van der Waals surface area contributed by atoms with E-state index in [1.165, 1.54) is 25.7 Å². The first-order valence-electron chi connectivity index (χ1n) is 8.01. The summed E-state index contributed by atoms with van der Waals surface area (Å²) in [5.74, 6) is 6.13. The van der Waals surface area contributed by atoms with Gasteiger partial charge in [0.1, 0.15) is 0 Å². The highest BCUT2D eigenvalue weighted by Crippen LogP contribution is 2.55. The van der Waals surface area contributed by atoms with Crippen molar-refractivity contribution in [2.75, 3.05) is 6.54 Å². The zero-order valence-electron chi connectivity index (χ0n) is 11.4. The molecule has 0 heterocycles. The van der Waals surface area contributed by atoms with Crippen LogP contribution in [0.3, 0.4) is 0 Å². The molecule has 2 bridgehead atoms. The molecule has 3 aliphatic carbocycles. The topological polar surface area (TPSA) is 26.0 Å². The molecule has 3 saturated carbocycles. The van der Waals surface area contributed by atoms with Crippen LogP contribution in [0.4, 0.5) is 0 Å². The molecule has 1 nitrogen and oxygen atoms in total. The van der Waals surface area contributed by atoms with E-state index in [9.17, 15) is 0 Å². The van der Waals surface area contributed by atoms with Gasteiger partial charge in [-0.05, 0) is 74.2 Å². The van der Waals surface area contributed by atoms with Gasteiger partial charge in [0.2, 0.25) is 0 Å². The standard InChI is InChI=1S/C16H29N/c1-2-11-3-6-14(10-17)16(8-11)15-9-12-4-5-13(15)7-12/h11-16H,2-10,17H2,1H3. The zero-order chi connectivity index (χ0) is 11.8. The number of rotatable bonds is 3. The van der Waals surface area contributed by atoms with Gasteiger partial charge in [0.15, 0.2) is 0 Å². The molecular formula is C16H29N. The lowest BCUT2D eigenvalue weighted by atomic mass is 9.64. The molecule has 0 radical (unpaired) electrons. The molecule has 3 fully saturated rings. The van der Waals surface area contributed by atoms with Crippen LogP contribution >= 0.6 is 0 Å². The summed E-state index contributed by atoms with van der Waals surface area (Å²) in [5.41, 5.74) is 6.05. The summed E-state index contributed by atoms with van der Waals surface area (Å²) in [4.78, 5) is 0. The quantitative estimate of drug-likeness (QED) is 0.790. The third-order valence-electron chi connectivity index (χ3n) is 6.38. The van der Waals surface area contributed by atoms with Gasteiger partial charge < -0.3 is 5.73 Å². The Balaban J connectivity index is 1.69. The second-order valence-corrected chi connectivity index (χ2v) is 7.09. The fourth-order valence-corrected chi connectivity index (χ4v) is 5.37. The van der Waals surface area contributed by atoms with Crippen molar-refractivity contribution >= 4 is 0 Å². The molecular weight excluding hydrogens is 206 g/mol. The Morgan fingerprint density at radius 3 is 2.41 bits per heavy atom. The van der Waals surface area contributed by atoms with Gasteiger partial charge >= 0.3 is 0 Å². The van der Waals surface area contributed by atoms with E-state index in [2.05, 4.69) is 6.92 Å². The van der Waals surface area contributed by atoms with Crippen molar-refractivity contribution < 1.29 is 0 Å². The number of nitrogens with two attached hydrogens (primary N) is 1. The third-order valence-corrected chi connectivity index (χ3v) is 6.38. The summed E-state index contributed by atoms with van der Waals surface area (Å²) in [5, 5.41) is 0. The summed E-state index contributed by atoms with van der Waals surface area (Å²) in [6.07, 6.45) is 12.0. The largest absolute Gasteiger partial charge is 0.330 e. The van der Waals surface area contributed by atoms with E-state index in [1.54, 1.807) is 25.7 Å². The van der Waals surface area contributed by atoms with Crippen LogP contribution in [0.1, 0.15) is 58.3 Å². The zero-order valence-corrected chi connectivity index (χ0v) is 11.4. The first kappa shape index (κ1) is 12.0. The maximum Gasteiger partial charge on any atom is -0.00461 e. The van der Waals surface area contributed by atoms with Crippen molar-refractivity contribution in [1.29, 1.82) is 0 Å². The van der Waals surface area contributed by atoms with Crippen LogP contribution in [-0.4, -0.2) is 6.54 Å². The maximum absolute atomic E-state index is 6.05. The molecule has 6 unspecified atom stereocenters. The maximum atomic E-state index is 6.05. The number of fused-ring (bicyclic) bond motifs is 2. The van der Waals surface area contributed by atoms with Crippen LogP contribution < -0.4 is 5.73 Å². The molecule has 0 aromatic rings. The van der Waals surface area contributed by atoms with Gasteiger partial charge in [-0.25, -0.2) is 0 Å². The fourth-order valence-electron chi connectivity index (χ4n) is 5.37. The predicted octanol–water partition coefficient (Wildman–Crippen LogP) is 3.82. The van der Waals surface area contributed by atoms with E-state index in [-0.39, 0.29) is 0 Å². The van der Waals surface area contributed by atoms with Crippen molar-refractivity contribution in [3.05, 3.63) is 0 Å². The van der Waals surface area contributed by atoms with E-state index < -0.39 is 0 Å². The minimum Gasteiger partial charge on any atom is -0.330 e. The third kappa shape index (κ3) is 2.16. The van der Waals surface area contributed by atoms with Gasteiger partial charge in [-0.15, -0.1) is 0 Å². The first-order valence-corrected chi connectivity index (χ1v) is 8.01. The van der Waals surface area contributed by atoms with E-state index in [0.717, 1.165) is 42.1 Å². The fraction of sp³-hybridized carbons (Fsp3) is 1.00. The van der Waals surface area contributed by atoms with Gasteiger partial charge in [-0.2, -0.15) is 0 Å². The van der Waals surface area contributed by atoms with Crippen molar-refractivity contribution in [1.82, 2.24) is 0 Å². The van der Waals surface area contributed by atoms with Gasteiger partial charge in [-0.1, -0.05) is 26.2 Å². The van der Waals surface area contributed by atoms with E-state index in [1.807, 2.05) is 0 Å². The summed E-state index contributed by atoms with van der Waals surface area (Å²) < 4.78 is 0. The summed E-state index contributed by atoms with van der Waals surface area (Å²) in [6, 6.07) is 0. The number of hydrogen-bond acceptors (Lipinski definition) is 1. The second-order valence-electron chi connectivity index (χ2n) is 7.09.